The van der Waals surface area contributed by atoms with E-state index in [1.165, 1.54) is 0 Å². The summed E-state index contributed by atoms with van der Waals surface area (Å²) in [5, 5.41) is -7.54. The highest BCUT2D eigenvalue weighted by Gasteiger charge is 2.86. The van der Waals surface area contributed by atoms with Gasteiger partial charge in [-0.3, -0.25) is 0 Å². The van der Waals surface area contributed by atoms with Crippen LogP contribution in [0.2, 0.25) is 0 Å². The van der Waals surface area contributed by atoms with E-state index < -0.39 is 45.5 Å². The molecule has 0 unspecified atom stereocenters. The smallest absolute Gasteiger partial charge is 0.334 e. The summed E-state index contributed by atoms with van der Waals surface area (Å²) in [6, 6.07) is 0. The van der Waals surface area contributed by atoms with Gasteiger partial charge in [0.15, 0.2) is 0 Å². The quantitative estimate of drug-likeness (QED) is 0.542. The molecule has 17 heteroatoms. The molecule has 0 saturated heterocycles. The molecule has 0 N–H and O–H groups in total. The molecule has 0 aromatic heterocycles. The maximum atomic E-state index is 12.8. The fraction of sp³-hybridized carbons (Fsp3) is 0.833. The molecule has 0 aliphatic rings. The number of carbonyl (C=O) groups excluding carboxylic acids is 1. The molecule has 0 atom stereocenters. The lowest BCUT2D eigenvalue weighted by Crippen LogP contribution is -2.63. The number of carbonyl (C=O) groups is 1. The first-order valence-corrected chi connectivity index (χ1v) is 5.79. The molecule has 0 saturated carbocycles. The topological polar surface area (TPSA) is 60.4 Å². The summed E-state index contributed by atoms with van der Waals surface area (Å²) < 4.78 is 168. The molecule has 0 fully saturated rings. The second kappa shape index (κ2) is 5.30. The van der Waals surface area contributed by atoms with Gasteiger partial charge in [0.2, 0.25) is 0 Å². The molecule has 0 heterocycles. The summed E-state index contributed by atoms with van der Waals surface area (Å²) in [5.74, 6) is -19.6. The van der Waals surface area contributed by atoms with Gasteiger partial charge < -0.3 is 4.18 Å². The van der Waals surface area contributed by atoms with E-state index in [-0.39, 0.29) is 0 Å². The highest BCUT2D eigenvalue weighted by Crippen LogP contribution is 2.55. The summed E-state index contributed by atoms with van der Waals surface area (Å²) in [5.41, 5.74) is 0. The van der Waals surface area contributed by atoms with Crippen molar-refractivity contribution >= 4 is 16.1 Å². The molecule has 0 bridgehead atoms. The largest absolute Gasteiger partial charge is 0.492 e. The lowest BCUT2D eigenvalue weighted by Gasteiger charge is -2.32. The average Bonchev–Trinajstić information content (AvgIpc) is 2.24. The molecule has 23 heavy (non-hydrogen) atoms. The summed E-state index contributed by atoms with van der Waals surface area (Å²) >= 11 is 0. The highest BCUT2D eigenvalue weighted by molar-refractivity contribution is 7.88. The van der Waals surface area contributed by atoms with Crippen molar-refractivity contribution in [3.05, 3.63) is 0 Å². The second-order valence-electron chi connectivity index (χ2n) is 3.49. The number of rotatable bonds is 4. The van der Waals surface area contributed by atoms with Crippen LogP contribution in [0, 0.1) is 0 Å². The monoisotopic (exact) mass is 396 g/mol. The van der Waals surface area contributed by atoms with Crippen LogP contribution in [0.5, 0.6) is 0 Å². The van der Waals surface area contributed by atoms with Crippen molar-refractivity contribution in [2.24, 2.45) is 0 Å². The summed E-state index contributed by atoms with van der Waals surface area (Å²) in [4.78, 5) is 9.99. The van der Waals surface area contributed by atoms with Crippen molar-refractivity contribution in [2.75, 3.05) is 0 Å². The van der Waals surface area contributed by atoms with Crippen LogP contribution in [0.15, 0.2) is 0 Å². The molecule has 0 spiro atoms. The van der Waals surface area contributed by atoms with E-state index in [0.29, 0.717) is 0 Å². The van der Waals surface area contributed by atoms with Crippen molar-refractivity contribution in [1.82, 2.24) is 0 Å². The van der Waals surface area contributed by atoms with Gasteiger partial charge >= 0.3 is 45.5 Å². The highest BCUT2D eigenvalue weighted by atomic mass is 32.2. The maximum Gasteiger partial charge on any atom is 0.492 e. The fourth-order valence-electron chi connectivity index (χ4n) is 0.717. The Morgan fingerprint density at radius 3 is 1.30 bits per heavy atom. The van der Waals surface area contributed by atoms with Crippen molar-refractivity contribution in [3.63, 3.8) is 0 Å². The first kappa shape index (κ1) is 21.6. The minimum Gasteiger partial charge on any atom is -0.334 e. The van der Waals surface area contributed by atoms with E-state index in [9.17, 15) is 65.9 Å². The third-order valence-electron chi connectivity index (χ3n) is 1.85. The number of hydrogen-bond donors (Lipinski definition) is 0. The Morgan fingerprint density at radius 2 is 1.04 bits per heavy atom. The molecule has 0 amide bonds. The summed E-state index contributed by atoms with van der Waals surface area (Å²) in [6.45, 7) is 0. The van der Waals surface area contributed by atoms with Crippen LogP contribution >= 0.6 is 0 Å². The van der Waals surface area contributed by atoms with Crippen LogP contribution in [0.1, 0.15) is 0 Å². The van der Waals surface area contributed by atoms with E-state index in [1.807, 2.05) is 4.18 Å². The van der Waals surface area contributed by atoms with E-state index in [1.54, 1.807) is 0 Å². The van der Waals surface area contributed by atoms with Crippen LogP contribution in [0.3, 0.4) is 0 Å². The van der Waals surface area contributed by atoms with Crippen molar-refractivity contribution < 1.29 is 70.1 Å². The Hall–Kier alpha value is -1.42. The predicted octanol–water partition coefficient (Wildman–Crippen LogP) is 2.85. The van der Waals surface area contributed by atoms with Crippen LogP contribution in [-0.2, 0) is 19.1 Å². The Balaban J connectivity index is 6.02. The SMILES string of the molecule is O=C(OS(=O)(=O)C(F)(F)C(F)(F)C(F)(F)C(F)(F)F)C(F)(F)F. The van der Waals surface area contributed by atoms with Gasteiger partial charge in [0.1, 0.15) is 0 Å². The zero-order valence-corrected chi connectivity index (χ0v) is 10.4. The Bertz CT molecular complexity index is 569. The van der Waals surface area contributed by atoms with Gasteiger partial charge in [-0.05, 0) is 0 Å². The summed E-state index contributed by atoms with van der Waals surface area (Å²) in [6.07, 6.45) is -13.8. The number of alkyl halides is 12. The first-order valence-electron chi connectivity index (χ1n) is 4.38. The van der Waals surface area contributed by atoms with Crippen LogP contribution < -0.4 is 0 Å². The Morgan fingerprint density at radius 1 is 0.696 bits per heavy atom. The molecule has 0 radical (unpaired) electrons. The molecule has 0 aromatic carbocycles. The lowest BCUT2D eigenvalue weighted by atomic mass is 10.1. The Kier molecular flexibility index (Phi) is 4.97. The number of hydrogen-bond acceptors (Lipinski definition) is 4. The molecule has 0 aromatic rings. The molecular formula is C6F12O4S. The lowest BCUT2D eigenvalue weighted by molar-refractivity contribution is -0.382. The van der Waals surface area contributed by atoms with Crippen LogP contribution in [0.4, 0.5) is 52.7 Å². The van der Waals surface area contributed by atoms with Gasteiger partial charge in [-0.15, -0.1) is 0 Å². The van der Waals surface area contributed by atoms with E-state index in [4.69, 9.17) is 0 Å². The van der Waals surface area contributed by atoms with Gasteiger partial charge in [0.25, 0.3) is 0 Å². The van der Waals surface area contributed by atoms with E-state index in [0.717, 1.165) is 0 Å². The van der Waals surface area contributed by atoms with E-state index >= 15 is 0 Å². The second-order valence-corrected chi connectivity index (χ2v) is 5.07. The average molecular weight is 396 g/mol. The molecule has 0 aliphatic carbocycles. The maximum absolute atomic E-state index is 12.8. The standard InChI is InChI=1S/C6F12O4S/c7-2(8,9)1(19)22-23(20,21)6(17,18)4(12,13)3(10,11)5(14,15)16. The van der Waals surface area contributed by atoms with Crippen molar-refractivity contribution in [3.8, 4) is 0 Å². The van der Waals surface area contributed by atoms with E-state index in [2.05, 4.69) is 0 Å². The molecule has 0 aliphatic heterocycles. The van der Waals surface area contributed by atoms with Gasteiger partial charge in [0.05, 0.1) is 0 Å². The van der Waals surface area contributed by atoms with Gasteiger partial charge in [-0.25, -0.2) is 4.79 Å². The zero-order valence-electron chi connectivity index (χ0n) is 9.58. The number of halogens is 12. The minimum atomic E-state index is -7.88. The molecule has 4 nitrogen and oxygen atoms in total. The van der Waals surface area contributed by atoms with Gasteiger partial charge in [-0.1, -0.05) is 0 Å². The Labute approximate surface area is 117 Å². The van der Waals surface area contributed by atoms with Crippen LogP contribution in [0.25, 0.3) is 0 Å². The minimum absolute atomic E-state index is 1.94. The third kappa shape index (κ3) is 3.42. The van der Waals surface area contributed by atoms with Crippen molar-refractivity contribution in [2.45, 2.75) is 29.5 Å². The van der Waals surface area contributed by atoms with Crippen molar-refractivity contribution in [1.29, 1.82) is 0 Å². The molecular weight excluding hydrogens is 396 g/mol. The predicted molar refractivity (Wildman–Crippen MR) is 42.0 cm³/mol. The van der Waals surface area contributed by atoms with Crippen LogP contribution in [-0.4, -0.2) is 43.8 Å². The molecule has 138 valence electrons. The normalized spacial score (nSPS) is 15.5. The zero-order chi connectivity index (χ0) is 19.3. The third-order valence-corrected chi connectivity index (χ3v) is 3.10. The fourth-order valence-corrected chi connectivity index (χ4v) is 1.56. The van der Waals surface area contributed by atoms with Gasteiger partial charge in [-0.2, -0.15) is 61.1 Å². The molecule has 0 rings (SSSR count). The summed E-state index contributed by atoms with van der Waals surface area (Å²) in [7, 11) is -7.88. The first-order chi connectivity index (χ1) is 9.63. The van der Waals surface area contributed by atoms with Gasteiger partial charge in [0, 0.05) is 0 Å².